The Bertz CT molecular complexity index is 605. The van der Waals surface area contributed by atoms with Gasteiger partial charge in [0.15, 0.2) is 0 Å². The van der Waals surface area contributed by atoms with E-state index in [0.717, 1.165) is 6.07 Å². The molecule has 1 heterocycles. The molecule has 0 aliphatic carbocycles. The SMILES string of the molecule is Cc1ccc(-c2ccc(F)c(C(F)(F)F)c2F)nn1. The highest BCUT2D eigenvalue weighted by atomic mass is 19.4. The Morgan fingerprint density at radius 2 is 1.63 bits per heavy atom. The number of aryl methyl sites for hydroxylation is 1. The summed E-state index contributed by atoms with van der Waals surface area (Å²) in [5, 5.41) is 7.20. The van der Waals surface area contributed by atoms with Crippen LogP contribution in [-0.4, -0.2) is 10.2 Å². The van der Waals surface area contributed by atoms with E-state index < -0.39 is 28.9 Å². The van der Waals surface area contributed by atoms with E-state index in [9.17, 15) is 22.0 Å². The standard InChI is InChI=1S/C12H7F5N2/c1-6-2-5-9(19-18-6)7-3-4-8(13)10(11(7)14)12(15,16)17/h2-5H,1H3. The van der Waals surface area contributed by atoms with E-state index in [1.807, 2.05) is 0 Å². The molecule has 2 nitrogen and oxygen atoms in total. The zero-order valence-electron chi connectivity index (χ0n) is 9.59. The predicted octanol–water partition coefficient (Wildman–Crippen LogP) is 3.75. The first kappa shape index (κ1) is 13.4. The lowest BCUT2D eigenvalue weighted by Crippen LogP contribution is -2.12. The Hall–Kier alpha value is -2.05. The van der Waals surface area contributed by atoms with Crippen LogP contribution >= 0.6 is 0 Å². The van der Waals surface area contributed by atoms with Gasteiger partial charge in [0.05, 0.1) is 11.4 Å². The second kappa shape index (κ2) is 4.56. The molecular weight excluding hydrogens is 267 g/mol. The molecule has 0 aliphatic rings. The van der Waals surface area contributed by atoms with Gasteiger partial charge >= 0.3 is 6.18 Å². The number of halogens is 5. The van der Waals surface area contributed by atoms with Crippen LogP contribution in [-0.2, 0) is 6.18 Å². The molecule has 2 rings (SSSR count). The fourth-order valence-electron chi connectivity index (χ4n) is 1.55. The minimum absolute atomic E-state index is 0.0893. The average molecular weight is 274 g/mol. The maximum absolute atomic E-state index is 13.8. The molecule has 7 heteroatoms. The van der Waals surface area contributed by atoms with Crippen LogP contribution in [0.5, 0.6) is 0 Å². The van der Waals surface area contributed by atoms with E-state index >= 15 is 0 Å². The van der Waals surface area contributed by atoms with Gasteiger partial charge in [-0.15, -0.1) is 0 Å². The number of nitrogens with zero attached hydrogens (tertiary/aromatic N) is 2. The molecule has 100 valence electrons. The van der Waals surface area contributed by atoms with Gasteiger partial charge in [-0.05, 0) is 31.2 Å². The highest BCUT2D eigenvalue weighted by Gasteiger charge is 2.38. The monoisotopic (exact) mass is 274 g/mol. The van der Waals surface area contributed by atoms with Crippen molar-refractivity contribution in [3.63, 3.8) is 0 Å². The van der Waals surface area contributed by atoms with Gasteiger partial charge in [-0.2, -0.15) is 23.4 Å². The van der Waals surface area contributed by atoms with Gasteiger partial charge in [-0.25, -0.2) is 8.78 Å². The Morgan fingerprint density at radius 3 is 2.16 bits per heavy atom. The van der Waals surface area contributed by atoms with E-state index in [2.05, 4.69) is 10.2 Å². The minimum atomic E-state index is -5.11. The summed E-state index contributed by atoms with van der Waals surface area (Å²) in [4.78, 5) is 0. The lowest BCUT2D eigenvalue weighted by Gasteiger charge is -2.11. The predicted molar refractivity (Wildman–Crippen MR) is 57.1 cm³/mol. The first-order valence-electron chi connectivity index (χ1n) is 5.16. The number of alkyl halides is 3. The first-order valence-corrected chi connectivity index (χ1v) is 5.16. The summed E-state index contributed by atoms with van der Waals surface area (Å²) < 4.78 is 64.6. The van der Waals surface area contributed by atoms with Crippen molar-refractivity contribution in [2.24, 2.45) is 0 Å². The molecule has 0 saturated carbocycles. The van der Waals surface area contributed by atoms with Gasteiger partial charge < -0.3 is 0 Å². The van der Waals surface area contributed by atoms with Crippen molar-refractivity contribution in [1.82, 2.24) is 10.2 Å². The molecule has 0 N–H and O–H groups in total. The normalized spacial score (nSPS) is 11.7. The fourth-order valence-corrected chi connectivity index (χ4v) is 1.55. The van der Waals surface area contributed by atoms with Crippen molar-refractivity contribution in [1.29, 1.82) is 0 Å². The topological polar surface area (TPSA) is 25.8 Å². The van der Waals surface area contributed by atoms with E-state index in [-0.39, 0.29) is 5.69 Å². The van der Waals surface area contributed by atoms with Crippen molar-refractivity contribution in [3.8, 4) is 11.3 Å². The lowest BCUT2D eigenvalue weighted by atomic mass is 10.1. The zero-order valence-corrected chi connectivity index (χ0v) is 9.59. The summed E-state index contributed by atoms with van der Waals surface area (Å²) in [5.74, 6) is -3.35. The van der Waals surface area contributed by atoms with Crippen molar-refractivity contribution >= 4 is 0 Å². The molecule has 0 fully saturated rings. The Kier molecular flexibility index (Phi) is 3.21. The first-order chi connectivity index (χ1) is 8.80. The maximum atomic E-state index is 13.8. The second-order valence-corrected chi connectivity index (χ2v) is 3.84. The van der Waals surface area contributed by atoms with E-state index in [1.54, 1.807) is 6.92 Å². The van der Waals surface area contributed by atoms with Crippen LogP contribution in [0.4, 0.5) is 22.0 Å². The molecule has 0 aliphatic heterocycles. The molecular formula is C12H7F5N2. The van der Waals surface area contributed by atoms with Gasteiger partial charge in [0.1, 0.15) is 17.2 Å². The lowest BCUT2D eigenvalue weighted by molar-refractivity contribution is -0.142. The van der Waals surface area contributed by atoms with Gasteiger partial charge in [-0.3, -0.25) is 0 Å². The minimum Gasteiger partial charge on any atom is -0.206 e. The summed E-state index contributed by atoms with van der Waals surface area (Å²) in [6.45, 7) is 1.62. The summed E-state index contributed by atoms with van der Waals surface area (Å²) in [6.07, 6.45) is -5.11. The van der Waals surface area contributed by atoms with Gasteiger partial charge in [0, 0.05) is 5.56 Å². The van der Waals surface area contributed by atoms with E-state index in [4.69, 9.17) is 0 Å². The van der Waals surface area contributed by atoms with E-state index in [1.165, 1.54) is 12.1 Å². The van der Waals surface area contributed by atoms with Crippen LogP contribution in [0.15, 0.2) is 24.3 Å². The fraction of sp³-hybridized carbons (Fsp3) is 0.167. The van der Waals surface area contributed by atoms with E-state index in [0.29, 0.717) is 11.8 Å². The molecule has 19 heavy (non-hydrogen) atoms. The number of hydrogen-bond donors (Lipinski definition) is 0. The van der Waals surface area contributed by atoms with Gasteiger partial charge in [0.25, 0.3) is 0 Å². The largest absolute Gasteiger partial charge is 0.422 e. The number of hydrogen-bond acceptors (Lipinski definition) is 2. The number of rotatable bonds is 1. The molecule has 0 atom stereocenters. The van der Waals surface area contributed by atoms with Gasteiger partial charge in [-0.1, -0.05) is 0 Å². The molecule has 0 saturated heterocycles. The summed E-state index contributed by atoms with van der Waals surface area (Å²) in [6, 6.07) is 4.25. The number of benzene rings is 1. The Balaban J connectivity index is 2.63. The summed E-state index contributed by atoms with van der Waals surface area (Å²) in [7, 11) is 0. The van der Waals surface area contributed by atoms with Crippen molar-refractivity contribution in [2.75, 3.05) is 0 Å². The van der Waals surface area contributed by atoms with Crippen LogP contribution in [0.2, 0.25) is 0 Å². The zero-order chi connectivity index (χ0) is 14.2. The smallest absolute Gasteiger partial charge is 0.206 e. The Labute approximate surface area is 104 Å². The molecule has 0 bridgehead atoms. The van der Waals surface area contributed by atoms with Crippen LogP contribution in [0.1, 0.15) is 11.3 Å². The van der Waals surface area contributed by atoms with Gasteiger partial charge in [0.2, 0.25) is 0 Å². The highest BCUT2D eigenvalue weighted by molar-refractivity contribution is 5.61. The summed E-state index contributed by atoms with van der Waals surface area (Å²) in [5.41, 5.74) is -1.93. The average Bonchev–Trinajstić information content (AvgIpc) is 2.29. The molecule has 0 amide bonds. The molecule has 1 aromatic carbocycles. The van der Waals surface area contributed by atoms with Crippen molar-refractivity contribution in [3.05, 3.63) is 47.2 Å². The van der Waals surface area contributed by atoms with Crippen LogP contribution < -0.4 is 0 Å². The number of aromatic nitrogens is 2. The summed E-state index contributed by atoms with van der Waals surface area (Å²) >= 11 is 0. The molecule has 2 aromatic rings. The molecule has 0 unspecified atom stereocenters. The Morgan fingerprint density at radius 1 is 0.947 bits per heavy atom. The molecule has 0 spiro atoms. The highest BCUT2D eigenvalue weighted by Crippen LogP contribution is 2.36. The van der Waals surface area contributed by atoms with Crippen molar-refractivity contribution < 1.29 is 22.0 Å². The molecule has 0 radical (unpaired) electrons. The third-order valence-electron chi connectivity index (χ3n) is 2.45. The second-order valence-electron chi connectivity index (χ2n) is 3.84. The van der Waals surface area contributed by atoms with Crippen molar-refractivity contribution in [2.45, 2.75) is 13.1 Å². The third kappa shape index (κ3) is 2.54. The third-order valence-corrected chi connectivity index (χ3v) is 2.45. The maximum Gasteiger partial charge on any atom is 0.422 e. The van der Waals surface area contributed by atoms with Crippen LogP contribution in [0.25, 0.3) is 11.3 Å². The molecule has 1 aromatic heterocycles. The quantitative estimate of drug-likeness (QED) is 0.740. The van der Waals surface area contributed by atoms with Crippen LogP contribution in [0.3, 0.4) is 0 Å². The van der Waals surface area contributed by atoms with Crippen LogP contribution in [0, 0.1) is 18.6 Å².